The molecule has 0 radical (unpaired) electrons. The van der Waals surface area contributed by atoms with Crippen LogP contribution >= 0.6 is 0 Å². The minimum Gasteiger partial charge on any atom is -0.493 e. The summed E-state index contributed by atoms with van der Waals surface area (Å²) in [5.74, 6) is -3.28. The molecule has 1 aliphatic heterocycles. The number of rotatable bonds is 3. The van der Waals surface area contributed by atoms with Gasteiger partial charge in [0.05, 0.1) is 24.9 Å². The van der Waals surface area contributed by atoms with Crippen molar-refractivity contribution in [1.82, 2.24) is 4.90 Å². The first-order valence-corrected chi connectivity index (χ1v) is 6.68. The molecule has 0 aliphatic carbocycles. The molecule has 1 saturated heterocycles. The number of methoxy groups -OCH3 is 1. The Morgan fingerprint density at radius 3 is 2.74 bits per heavy atom. The Hall–Kier alpha value is -2.76. The lowest BCUT2D eigenvalue weighted by atomic mass is 10.0. The molecule has 0 aromatic heterocycles. The van der Waals surface area contributed by atoms with Crippen molar-refractivity contribution in [1.29, 1.82) is 5.26 Å². The number of likely N-dealkylation sites (tertiary alicyclic amines) is 1. The lowest BCUT2D eigenvalue weighted by Gasteiger charge is -2.37. The summed E-state index contributed by atoms with van der Waals surface area (Å²) in [4.78, 5) is 11.5. The number of carboxylic acid groups (broad SMARTS) is 1. The van der Waals surface area contributed by atoms with E-state index in [1.165, 1.54) is 19.2 Å². The number of nitrogens with zero attached hydrogens (tertiary/aromatic N) is 2. The number of alkyl halides is 2. The standard InChI is InChI=1S/C14H15F2N3O4/c1-22-10-5-9(18)8(6-17)4-11(10)23-12-2-3-19(13(20)21)7-14(12,15)16/h4-5,12H,2-3,7,18H2,1H3,(H,20,21). The van der Waals surface area contributed by atoms with Crippen LogP contribution < -0.4 is 15.2 Å². The second-order valence-corrected chi connectivity index (χ2v) is 5.06. The highest BCUT2D eigenvalue weighted by molar-refractivity contribution is 5.65. The van der Waals surface area contributed by atoms with Crippen LogP contribution in [-0.2, 0) is 0 Å². The Kier molecular flexibility index (Phi) is 4.45. The molecule has 23 heavy (non-hydrogen) atoms. The van der Waals surface area contributed by atoms with Crippen LogP contribution in [0.4, 0.5) is 19.3 Å². The lowest BCUT2D eigenvalue weighted by Crippen LogP contribution is -2.55. The van der Waals surface area contributed by atoms with Crippen molar-refractivity contribution >= 4 is 11.8 Å². The summed E-state index contributed by atoms with van der Waals surface area (Å²) in [6.07, 6.45) is -3.11. The molecule has 124 valence electrons. The monoisotopic (exact) mass is 327 g/mol. The second kappa shape index (κ2) is 6.16. The number of amides is 1. The van der Waals surface area contributed by atoms with E-state index in [0.717, 1.165) is 0 Å². The molecule has 0 saturated carbocycles. The predicted octanol–water partition coefficient (Wildman–Crippen LogP) is 1.92. The average molecular weight is 327 g/mol. The topological polar surface area (TPSA) is 109 Å². The van der Waals surface area contributed by atoms with Crippen molar-refractivity contribution < 1.29 is 28.2 Å². The largest absolute Gasteiger partial charge is 0.493 e. The maximum Gasteiger partial charge on any atom is 0.407 e. The van der Waals surface area contributed by atoms with E-state index in [9.17, 15) is 13.6 Å². The minimum absolute atomic E-state index is 0.0355. The van der Waals surface area contributed by atoms with E-state index in [2.05, 4.69) is 0 Å². The summed E-state index contributed by atoms with van der Waals surface area (Å²) in [5, 5.41) is 17.8. The number of benzene rings is 1. The first-order valence-electron chi connectivity index (χ1n) is 6.68. The van der Waals surface area contributed by atoms with Gasteiger partial charge in [-0.15, -0.1) is 0 Å². The quantitative estimate of drug-likeness (QED) is 0.821. The molecular weight excluding hydrogens is 312 g/mol. The number of hydrogen-bond acceptors (Lipinski definition) is 5. The maximum absolute atomic E-state index is 14.1. The molecular formula is C14H15F2N3O4. The van der Waals surface area contributed by atoms with Crippen LogP contribution in [0.5, 0.6) is 11.5 Å². The van der Waals surface area contributed by atoms with E-state index < -0.39 is 24.7 Å². The molecule has 0 bridgehead atoms. The van der Waals surface area contributed by atoms with E-state index in [1.807, 2.05) is 6.07 Å². The molecule has 2 rings (SSSR count). The van der Waals surface area contributed by atoms with Crippen LogP contribution in [0.15, 0.2) is 12.1 Å². The summed E-state index contributed by atoms with van der Waals surface area (Å²) in [6, 6.07) is 4.38. The van der Waals surface area contributed by atoms with Crippen molar-refractivity contribution in [2.75, 3.05) is 25.9 Å². The third kappa shape index (κ3) is 3.36. The van der Waals surface area contributed by atoms with Gasteiger partial charge in [-0.05, 0) is 0 Å². The smallest absolute Gasteiger partial charge is 0.407 e. The van der Waals surface area contributed by atoms with Gasteiger partial charge in [-0.2, -0.15) is 5.26 Å². The van der Waals surface area contributed by atoms with Crippen LogP contribution in [0.1, 0.15) is 12.0 Å². The average Bonchev–Trinajstić information content (AvgIpc) is 2.49. The highest BCUT2D eigenvalue weighted by Gasteiger charge is 2.48. The minimum atomic E-state index is -3.37. The van der Waals surface area contributed by atoms with Gasteiger partial charge < -0.3 is 25.2 Å². The number of halogens is 2. The molecule has 3 N–H and O–H groups in total. The summed E-state index contributed by atoms with van der Waals surface area (Å²) < 4.78 is 38.6. The SMILES string of the molecule is COc1cc(N)c(C#N)cc1OC1CCN(C(=O)O)CC1(F)F. The maximum atomic E-state index is 14.1. The molecule has 1 unspecified atom stereocenters. The molecule has 1 aromatic rings. The Balaban J connectivity index is 2.25. The first kappa shape index (κ1) is 16.6. The first-order chi connectivity index (χ1) is 10.8. The third-order valence-corrected chi connectivity index (χ3v) is 3.53. The van der Waals surface area contributed by atoms with Crippen molar-refractivity contribution in [2.24, 2.45) is 0 Å². The lowest BCUT2D eigenvalue weighted by molar-refractivity contribution is -0.133. The predicted molar refractivity (Wildman–Crippen MR) is 75.7 cm³/mol. The van der Waals surface area contributed by atoms with Crippen LogP contribution in [0.2, 0.25) is 0 Å². The van der Waals surface area contributed by atoms with Crippen LogP contribution in [0, 0.1) is 11.3 Å². The van der Waals surface area contributed by atoms with Crippen LogP contribution in [0.25, 0.3) is 0 Å². The normalized spacial score (nSPS) is 19.7. The molecule has 1 amide bonds. The van der Waals surface area contributed by atoms with Gasteiger partial charge in [-0.25, -0.2) is 13.6 Å². The number of nitrogens with two attached hydrogens (primary N) is 1. The van der Waals surface area contributed by atoms with Crippen molar-refractivity contribution in [3.8, 4) is 17.6 Å². The van der Waals surface area contributed by atoms with E-state index in [-0.39, 0.29) is 35.7 Å². The Labute approximate surface area is 130 Å². The van der Waals surface area contributed by atoms with Crippen molar-refractivity contribution in [2.45, 2.75) is 18.4 Å². The van der Waals surface area contributed by atoms with Gasteiger partial charge >= 0.3 is 12.0 Å². The van der Waals surface area contributed by atoms with Crippen molar-refractivity contribution in [3.63, 3.8) is 0 Å². The number of carbonyl (C=O) groups is 1. The molecule has 1 aliphatic rings. The van der Waals surface area contributed by atoms with Gasteiger partial charge in [0.25, 0.3) is 0 Å². The molecule has 9 heteroatoms. The molecule has 1 heterocycles. The third-order valence-electron chi connectivity index (χ3n) is 3.53. The molecule has 1 atom stereocenters. The number of nitrogen functional groups attached to an aromatic ring is 1. The van der Waals surface area contributed by atoms with E-state index in [1.54, 1.807) is 0 Å². The number of anilines is 1. The zero-order chi connectivity index (χ0) is 17.2. The number of hydrogen-bond donors (Lipinski definition) is 2. The van der Waals surface area contributed by atoms with Crippen molar-refractivity contribution in [3.05, 3.63) is 17.7 Å². The highest BCUT2D eigenvalue weighted by Crippen LogP contribution is 2.37. The summed E-state index contributed by atoms with van der Waals surface area (Å²) in [5.41, 5.74) is 5.85. The van der Waals surface area contributed by atoms with Gasteiger partial charge in [0.15, 0.2) is 17.6 Å². The fourth-order valence-corrected chi connectivity index (χ4v) is 2.31. The molecule has 0 spiro atoms. The molecule has 1 aromatic carbocycles. The Morgan fingerprint density at radius 2 is 2.22 bits per heavy atom. The molecule has 1 fully saturated rings. The van der Waals surface area contributed by atoms with Crippen LogP contribution in [-0.4, -0.2) is 48.3 Å². The number of ether oxygens (including phenoxy) is 2. The Morgan fingerprint density at radius 1 is 1.52 bits per heavy atom. The zero-order valence-electron chi connectivity index (χ0n) is 12.3. The van der Waals surface area contributed by atoms with E-state index >= 15 is 0 Å². The zero-order valence-corrected chi connectivity index (χ0v) is 12.3. The number of nitriles is 1. The van der Waals surface area contributed by atoms with E-state index in [0.29, 0.717) is 4.90 Å². The fourth-order valence-electron chi connectivity index (χ4n) is 2.31. The second-order valence-electron chi connectivity index (χ2n) is 5.06. The van der Waals surface area contributed by atoms with Gasteiger partial charge in [0.2, 0.25) is 0 Å². The van der Waals surface area contributed by atoms with Gasteiger partial charge in [0, 0.05) is 25.1 Å². The summed E-state index contributed by atoms with van der Waals surface area (Å²) in [6.45, 7) is -1.02. The molecule has 7 nitrogen and oxygen atoms in total. The summed E-state index contributed by atoms with van der Waals surface area (Å²) >= 11 is 0. The van der Waals surface area contributed by atoms with E-state index in [4.69, 9.17) is 25.6 Å². The highest BCUT2D eigenvalue weighted by atomic mass is 19.3. The summed E-state index contributed by atoms with van der Waals surface area (Å²) in [7, 11) is 1.32. The Bertz CT molecular complexity index is 660. The fraction of sp³-hybridized carbons (Fsp3) is 0.429. The number of piperidine rings is 1. The van der Waals surface area contributed by atoms with Crippen LogP contribution in [0.3, 0.4) is 0 Å². The van der Waals surface area contributed by atoms with Gasteiger partial charge in [0.1, 0.15) is 6.07 Å². The van der Waals surface area contributed by atoms with Gasteiger partial charge in [-0.3, -0.25) is 0 Å². The van der Waals surface area contributed by atoms with Gasteiger partial charge in [-0.1, -0.05) is 0 Å².